The van der Waals surface area contributed by atoms with Crippen molar-refractivity contribution in [3.63, 3.8) is 0 Å². The first-order chi connectivity index (χ1) is 11.0. The first kappa shape index (κ1) is 17.4. The Labute approximate surface area is 135 Å². The number of carbonyl (C=O) groups excluding carboxylic acids is 2. The van der Waals surface area contributed by atoms with Crippen molar-refractivity contribution in [2.75, 3.05) is 20.3 Å². The summed E-state index contributed by atoms with van der Waals surface area (Å²) < 4.78 is 18.8. The molecule has 2 rings (SSSR count). The lowest BCUT2D eigenvalue weighted by Crippen LogP contribution is -2.52. The van der Waals surface area contributed by atoms with E-state index in [-0.39, 0.29) is 30.6 Å². The molecule has 5 nitrogen and oxygen atoms in total. The van der Waals surface area contributed by atoms with Gasteiger partial charge in [0.2, 0.25) is 11.8 Å². The van der Waals surface area contributed by atoms with Gasteiger partial charge in [0.1, 0.15) is 5.82 Å². The summed E-state index contributed by atoms with van der Waals surface area (Å²) >= 11 is 0. The molecule has 23 heavy (non-hydrogen) atoms. The number of nitrogens with one attached hydrogen (secondary N) is 1. The van der Waals surface area contributed by atoms with Crippen LogP contribution in [0.4, 0.5) is 4.39 Å². The summed E-state index contributed by atoms with van der Waals surface area (Å²) in [6.07, 6.45) is 1.74. The Kier molecular flexibility index (Phi) is 5.71. The second kappa shape index (κ2) is 7.55. The highest BCUT2D eigenvalue weighted by Crippen LogP contribution is 2.33. The van der Waals surface area contributed by atoms with E-state index in [1.54, 1.807) is 30.2 Å². The molecule has 1 unspecified atom stereocenters. The van der Waals surface area contributed by atoms with E-state index in [2.05, 4.69) is 5.32 Å². The zero-order valence-corrected chi connectivity index (χ0v) is 13.6. The van der Waals surface area contributed by atoms with Gasteiger partial charge in [-0.2, -0.15) is 0 Å². The van der Waals surface area contributed by atoms with Gasteiger partial charge in [-0.3, -0.25) is 9.59 Å². The molecule has 1 N–H and O–H groups in total. The van der Waals surface area contributed by atoms with Crippen LogP contribution in [0.5, 0.6) is 0 Å². The van der Waals surface area contributed by atoms with Crippen molar-refractivity contribution >= 4 is 11.8 Å². The molecule has 1 aliphatic heterocycles. The molecule has 1 heterocycles. The maximum absolute atomic E-state index is 13.6. The van der Waals surface area contributed by atoms with E-state index >= 15 is 0 Å². The van der Waals surface area contributed by atoms with E-state index in [4.69, 9.17) is 4.74 Å². The second-order valence-corrected chi connectivity index (χ2v) is 5.98. The zero-order chi connectivity index (χ0) is 16.9. The smallest absolute Gasteiger partial charge is 0.222 e. The van der Waals surface area contributed by atoms with Crippen LogP contribution in [0, 0.1) is 5.82 Å². The zero-order valence-electron chi connectivity index (χ0n) is 13.6. The third kappa shape index (κ3) is 4.07. The Morgan fingerprint density at radius 3 is 2.78 bits per heavy atom. The predicted octanol–water partition coefficient (Wildman–Crippen LogP) is 1.86. The molecular weight excluding hydrogens is 299 g/mol. The average molecular weight is 322 g/mol. The van der Waals surface area contributed by atoms with Gasteiger partial charge >= 0.3 is 0 Å². The van der Waals surface area contributed by atoms with Gasteiger partial charge in [0.25, 0.3) is 0 Å². The van der Waals surface area contributed by atoms with Crippen molar-refractivity contribution in [3.8, 4) is 0 Å². The molecule has 1 fully saturated rings. The minimum absolute atomic E-state index is 0.0542. The molecule has 0 aromatic heterocycles. The van der Waals surface area contributed by atoms with Gasteiger partial charge in [-0.15, -0.1) is 0 Å². The van der Waals surface area contributed by atoms with Gasteiger partial charge in [0.05, 0.1) is 18.6 Å². The molecule has 1 aromatic carbocycles. The fourth-order valence-corrected chi connectivity index (χ4v) is 3.28. The molecular formula is C17H23FN2O3. The van der Waals surface area contributed by atoms with Gasteiger partial charge < -0.3 is 15.0 Å². The van der Waals surface area contributed by atoms with Crippen molar-refractivity contribution in [2.45, 2.75) is 38.3 Å². The lowest BCUT2D eigenvalue weighted by atomic mass is 9.92. The molecule has 126 valence electrons. The van der Waals surface area contributed by atoms with Crippen molar-refractivity contribution < 1.29 is 18.7 Å². The Morgan fingerprint density at radius 1 is 1.39 bits per heavy atom. The van der Waals surface area contributed by atoms with Crippen molar-refractivity contribution in [1.29, 1.82) is 0 Å². The van der Waals surface area contributed by atoms with E-state index in [0.29, 0.717) is 18.7 Å². The number of halogens is 1. The fraction of sp³-hybridized carbons (Fsp3) is 0.529. The standard InChI is InChI=1S/C17H23FN2O3/c1-13(21)20-9-5-8-17(20,12-23-2)10-16(22)19-11-14-6-3-4-7-15(14)18/h3-4,6-7H,5,8-12H2,1-2H3,(H,19,22). The monoisotopic (exact) mass is 322 g/mol. The normalized spacial score (nSPS) is 20.6. The van der Waals surface area contributed by atoms with Crippen LogP contribution in [0.15, 0.2) is 24.3 Å². The maximum atomic E-state index is 13.6. The van der Waals surface area contributed by atoms with E-state index in [9.17, 15) is 14.0 Å². The third-order valence-electron chi connectivity index (χ3n) is 4.31. The average Bonchev–Trinajstić information content (AvgIpc) is 2.90. The Bertz CT molecular complexity index is 579. The lowest BCUT2D eigenvalue weighted by Gasteiger charge is -2.37. The number of benzene rings is 1. The minimum atomic E-state index is -0.597. The summed E-state index contributed by atoms with van der Waals surface area (Å²) in [6, 6.07) is 6.34. The van der Waals surface area contributed by atoms with E-state index in [1.165, 1.54) is 13.0 Å². The number of rotatable bonds is 6. The first-order valence-corrected chi connectivity index (χ1v) is 7.76. The van der Waals surface area contributed by atoms with Crippen LogP contribution in [0.1, 0.15) is 31.7 Å². The predicted molar refractivity (Wildman–Crippen MR) is 84.1 cm³/mol. The van der Waals surface area contributed by atoms with Crippen LogP contribution in [0.2, 0.25) is 0 Å². The number of hydrogen-bond acceptors (Lipinski definition) is 3. The number of methoxy groups -OCH3 is 1. The number of nitrogens with zero attached hydrogens (tertiary/aromatic N) is 1. The minimum Gasteiger partial charge on any atom is -0.382 e. The van der Waals surface area contributed by atoms with Crippen LogP contribution in [-0.4, -0.2) is 42.5 Å². The molecule has 6 heteroatoms. The number of likely N-dealkylation sites (tertiary alicyclic amines) is 1. The highest BCUT2D eigenvalue weighted by atomic mass is 19.1. The molecule has 0 saturated carbocycles. The van der Waals surface area contributed by atoms with Crippen LogP contribution in [0.3, 0.4) is 0 Å². The highest BCUT2D eigenvalue weighted by molar-refractivity contribution is 5.80. The van der Waals surface area contributed by atoms with Gasteiger partial charge in [-0.25, -0.2) is 4.39 Å². The lowest BCUT2D eigenvalue weighted by molar-refractivity contribution is -0.137. The number of ether oxygens (including phenoxy) is 1. The second-order valence-electron chi connectivity index (χ2n) is 5.98. The van der Waals surface area contributed by atoms with Gasteiger partial charge in [-0.05, 0) is 18.9 Å². The van der Waals surface area contributed by atoms with Gasteiger partial charge in [-0.1, -0.05) is 18.2 Å². The Morgan fingerprint density at radius 2 is 2.13 bits per heavy atom. The molecule has 0 radical (unpaired) electrons. The summed E-state index contributed by atoms with van der Waals surface area (Å²) in [4.78, 5) is 25.9. The molecule has 1 aromatic rings. The highest BCUT2D eigenvalue weighted by Gasteiger charge is 2.44. The number of hydrogen-bond donors (Lipinski definition) is 1. The third-order valence-corrected chi connectivity index (χ3v) is 4.31. The Hall–Kier alpha value is -1.95. The summed E-state index contributed by atoms with van der Waals surface area (Å²) in [5, 5.41) is 2.74. The molecule has 0 spiro atoms. The molecule has 0 aliphatic carbocycles. The number of amides is 2. The Balaban J connectivity index is 2.01. The topological polar surface area (TPSA) is 58.6 Å². The largest absolute Gasteiger partial charge is 0.382 e. The van der Waals surface area contributed by atoms with Crippen molar-refractivity contribution in [3.05, 3.63) is 35.6 Å². The molecule has 2 amide bonds. The van der Waals surface area contributed by atoms with Crippen LogP contribution in [-0.2, 0) is 20.9 Å². The molecule has 1 saturated heterocycles. The van der Waals surface area contributed by atoms with Gasteiger partial charge in [0.15, 0.2) is 0 Å². The first-order valence-electron chi connectivity index (χ1n) is 7.76. The summed E-state index contributed by atoms with van der Waals surface area (Å²) in [6.45, 7) is 2.60. The molecule has 0 bridgehead atoms. The van der Waals surface area contributed by atoms with Crippen molar-refractivity contribution in [2.24, 2.45) is 0 Å². The fourth-order valence-electron chi connectivity index (χ4n) is 3.28. The summed E-state index contributed by atoms with van der Waals surface area (Å²) in [5.74, 6) is -0.606. The SMILES string of the molecule is COCC1(CC(=O)NCc2ccccc2F)CCCN1C(C)=O. The van der Waals surface area contributed by atoms with Crippen LogP contribution in [0.25, 0.3) is 0 Å². The van der Waals surface area contributed by atoms with Crippen LogP contribution >= 0.6 is 0 Å². The molecule has 1 atom stereocenters. The van der Waals surface area contributed by atoms with Crippen LogP contribution < -0.4 is 5.32 Å². The molecule has 1 aliphatic rings. The maximum Gasteiger partial charge on any atom is 0.222 e. The number of carbonyl (C=O) groups is 2. The van der Waals surface area contributed by atoms with E-state index < -0.39 is 5.54 Å². The van der Waals surface area contributed by atoms with E-state index in [0.717, 1.165) is 12.8 Å². The quantitative estimate of drug-likeness (QED) is 0.870. The van der Waals surface area contributed by atoms with Gasteiger partial charge in [0, 0.05) is 32.7 Å². The van der Waals surface area contributed by atoms with E-state index in [1.807, 2.05) is 0 Å². The summed E-state index contributed by atoms with van der Waals surface area (Å²) in [7, 11) is 1.57. The van der Waals surface area contributed by atoms with Crippen molar-refractivity contribution in [1.82, 2.24) is 10.2 Å². The summed E-state index contributed by atoms with van der Waals surface area (Å²) in [5.41, 5.74) is -0.156.